The van der Waals surface area contributed by atoms with Gasteiger partial charge in [-0.1, -0.05) is 6.07 Å². The van der Waals surface area contributed by atoms with Crippen LogP contribution in [0.3, 0.4) is 0 Å². The Balaban J connectivity index is 2.42. The zero-order valence-corrected chi connectivity index (χ0v) is 10.5. The van der Waals surface area contributed by atoms with Gasteiger partial charge in [0.15, 0.2) is 0 Å². The molecule has 1 atom stereocenters. The molecule has 1 aliphatic heterocycles. The first-order valence-corrected chi connectivity index (χ1v) is 6.12. The number of fused-ring (bicyclic) bond motifs is 1. The second-order valence-electron chi connectivity index (χ2n) is 4.61. The number of carbonyl (C=O) groups is 1. The van der Waals surface area contributed by atoms with E-state index in [0.717, 1.165) is 16.1 Å². The molecule has 0 saturated heterocycles. The van der Waals surface area contributed by atoms with E-state index in [1.165, 1.54) is 0 Å². The number of benzene rings is 1. The van der Waals surface area contributed by atoms with Crippen molar-refractivity contribution in [1.29, 1.82) is 0 Å². The maximum Gasteiger partial charge on any atom is 0.240 e. The predicted octanol–water partition coefficient (Wildman–Crippen LogP) is 2.53. The highest BCUT2D eigenvalue weighted by molar-refractivity contribution is 8.01. The molecule has 3 nitrogen and oxygen atoms in total. The number of rotatable bonds is 1. The van der Waals surface area contributed by atoms with E-state index in [2.05, 4.69) is 11.4 Å². The van der Waals surface area contributed by atoms with Crippen molar-refractivity contribution in [2.75, 3.05) is 5.32 Å². The van der Waals surface area contributed by atoms with Crippen LogP contribution < -0.4 is 11.1 Å². The Morgan fingerprint density at radius 1 is 1.44 bits per heavy atom. The first-order chi connectivity index (χ1) is 7.40. The first-order valence-electron chi connectivity index (χ1n) is 5.30. The number of nitrogens with two attached hydrogens (primary N) is 1. The Morgan fingerprint density at radius 2 is 2.12 bits per heavy atom. The number of hydrogen-bond donors (Lipinski definition) is 2. The lowest BCUT2D eigenvalue weighted by atomic mass is 10.1. The van der Waals surface area contributed by atoms with Crippen LogP contribution in [0, 0.1) is 0 Å². The molecule has 2 rings (SSSR count). The minimum atomic E-state index is -0.413. The molecule has 0 fully saturated rings. The SMILES string of the molecule is CC(N)c1ccc2c(c1)SC(C)(C)C(=O)N2. The van der Waals surface area contributed by atoms with Crippen molar-refractivity contribution in [2.45, 2.75) is 36.5 Å². The van der Waals surface area contributed by atoms with Gasteiger partial charge < -0.3 is 11.1 Å². The summed E-state index contributed by atoms with van der Waals surface area (Å²) in [7, 11) is 0. The van der Waals surface area contributed by atoms with E-state index in [9.17, 15) is 4.79 Å². The van der Waals surface area contributed by atoms with Crippen LogP contribution in [0.4, 0.5) is 5.69 Å². The van der Waals surface area contributed by atoms with Crippen LogP contribution >= 0.6 is 11.8 Å². The zero-order chi connectivity index (χ0) is 11.9. The van der Waals surface area contributed by atoms with Crippen molar-refractivity contribution in [3.05, 3.63) is 23.8 Å². The largest absolute Gasteiger partial charge is 0.324 e. The number of anilines is 1. The molecule has 1 heterocycles. The molecule has 0 saturated carbocycles. The fourth-order valence-corrected chi connectivity index (χ4v) is 2.72. The Kier molecular flexibility index (Phi) is 2.72. The molecule has 1 amide bonds. The van der Waals surface area contributed by atoms with Crippen LogP contribution in [0.15, 0.2) is 23.1 Å². The molecule has 0 spiro atoms. The summed E-state index contributed by atoms with van der Waals surface area (Å²) < 4.78 is -0.413. The van der Waals surface area contributed by atoms with E-state index >= 15 is 0 Å². The van der Waals surface area contributed by atoms with E-state index in [1.54, 1.807) is 11.8 Å². The highest BCUT2D eigenvalue weighted by Crippen LogP contribution is 2.42. The van der Waals surface area contributed by atoms with Gasteiger partial charge in [0.05, 0.1) is 10.4 Å². The minimum absolute atomic E-state index is 0.0200. The summed E-state index contributed by atoms with van der Waals surface area (Å²) in [6.45, 7) is 5.81. The third-order valence-electron chi connectivity index (χ3n) is 2.69. The summed E-state index contributed by atoms with van der Waals surface area (Å²) in [6.07, 6.45) is 0. The summed E-state index contributed by atoms with van der Waals surface area (Å²) in [6, 6.07) is 5.97. The van der Waals surface area contributed by atoms with Crippen LogP contribution in [-0.4, -0.2) is 10.7 Å². The van der Waals surface area contributed by atoms with E-state index in [0.29, 0.717) is 0 Å². The second-order valence-corrected chi connectivity index (χ2v) is 6.28. The first kappa shape index (κ1) is 11.5. The summed E-state index contributed by atoms with van der Waals surface area (Å²) >= 11 is 1.59. The normalized spacial score (nSPS) is 19.9. The molecule has 1 aromatic carbocycles. The molecule has 16 heavy (non-hydrogen) atoms. The van der Waals surface area contributed by atoms with Crippen molar-refractivity contribution in [3.8, 4) is 0 Å². The Hall–Kier alpha value is -1.00. The van der Waals surface area contributed by atoms with Gasteiger partial charge in [0.1, 0.15) is 0 Å². The van der Waals surface area contributed by atoms with Crippen LogP contribution in [0.1, 0.15) is 32.4 Å². The monoisotopic (exact) mass is 236 g/mol. The van der Waals surface area contributed by atoms with Crippen molar-refractivity contribution < 1.29 is 4.79 Å². The lowest BCUT2D eigenvalue weighted by Crippen LogP contribution is -2.37. The van der Waals surface area contributed by atoms with Crippen LogP contribution in [0.5, 0.6) is 0 Å². The molecule has 0 bridgehead atoms. The van der Waals surface area contributed by atoms with Gasteiger partial charge in [-0.25, -0.2) is 0 Å². The van der Waals surface area contributed by atoms with Gasteiger partial charge in [-0.2, -0.15) is 0 Å². The quantitative estimate of drug-likeness (QED) is 0.787. The molecule has 3 N–H and O–H groups in total. The summed E-state index contributed by atoms with van der Waals surface area (Å²) in [4.78, 5) is 12.8. The minimum Gasteiger partial charge on any atom is -0.324 e. The highest BCUT2D eigenvalue weighted by atomic mass is 32.2. The maximum atomic E-state index is 11.7. The van der Waals surface area contributed by atoms with Crippen LogP contribution in [-0.2, 0) is 4.79 Å². The van der Waals surface area contributed by atoms with Crippen LogP contribution in [0.2, 0.25) is 0 Å². The molecular weight excluding hydrogens is 220 g/mol. The van der Waals surface area contributed by atoms with Gasteiger partial charge in [-0.15, -0.1) is 11.8 Å². The Morgan fingerprint density at radius 3 is 2.75 bits per heavy atom. The molecular formula is C12H16N2OS. The van der Waals surface area contributed by atoms with Crippen molar-refractivity contribution >= 4 is 23.4 Å². The summed E-state index contributed by atoms with van der Waals surface area (Å²) in [5.41, 5.74) is 7.83. The van der Waals surface area contributed by atoms with E-state index < -0.39 is 4.75 Å². The number of hydrogen-bond acceptors (Lipinski definition) is 3. The van der Waals surface area contributed by atoms with Crippen LogP contribution in [0.25, 0.3) is 0 Å². The van der Waals surface area contributed by atoms with Gasteiger partial charge in [0.2, 0.25) is 5.91 Å². The van der Waals surface area contributed by atoms with Crippen molar-refractivity contribution in [1.82, 2.24) is 0 Å². The second kappa shape index (κ2) is 3.79. The lowest BCUT2D eigenvalue weighted by molar-refractivity contribution is -0.117. The van der Waals surface area contributed by atoms with Gasteiger partial charge >= 0.3 is 0 Å². The Bertz CT molecular complexity index is 441. The molecule has 4 heteroatoms. The summed E-state index contributed by atoms with van der Waals surface area (Å²) in [5.74, 6) is 0.0542. The van der Waals surface area contributed by atoms with E-state index in [1.807, 2.05) is 32.9 Å². The smallest absolute Gasteiger partial charge is 0.240 e. The van der Waals surface area contributed by atoms with Gasteiger partial charge in [-0.05, 0) is 38.5 Å². The third-order valence-corrected chi connectivity index (χ3v) is 3.94. The topological polar surface area (TPSA) is 55.1 Å². The molecule has 1 unspecified atom stereocenters. The maximum absolute atomic E-state index is 11.7. The number of nitrogens with one attached hydrogen (secondary N) is 1. The zero-order valence-electron chi connectivity index (χ0n) is 9.70. The molecule has 86 valence electrons. The Labute approximate surface area is 99.8 Å². The highest BCUT2D eigenvalue weighted by Gasteiger charge is 2.34. The van der Waals surface area contributed by atoms with Gasteiger partial charge in [-0.3, -0.25) is 4.79 Å². The predicted molar refractivity (Wildman–Crippen MR) is 67.6 cm³/mol. The van der Waals surface area contributed by atoms with E-state index in [-0.39, 0.29) is 11.9 Å². The molecule has 0 aliphatic carbocycles. The fraction of sp³-hybridized carbons (Fsp3) is 0.417. The molecule has 0 aromatic heterocycles. The average Bonchev–Trinajstić information content (AvgIpc) is 2.18. The van der Waals surface area contributed by atoms with Crippen molar-refractivity contribution in [3.63, 3.8) is 0 Å². The molecule has 1 aliphatic rings. The number of amides is 1. The van der Waals surface area contributed by atoms with Gasteiger partial charge in [0, 0.05) is 10.9 Å². The fourth-order valence-electron chi connectivity index (χ4n) is 1.60. The summed E-state index contributed by atoms with van der Waals surface area (Å²) in [5, 5.41) is 2.92. The average molecular weight is 236 g/mol. The number of carbonyl (C=O) groups excluding carboxylic acids is 1. The van der Waals surface area contributed by atoms with Crippen molar-refractivity contribution in [2.24, 2.45) is 5.73 Å². The van der Waals surface area contributed by atoms with E-state index in [4.69, 9.17) is 5.73 Å². The lowest BCUT2D eigenvalue weighted by Gasteiger charge is -2.30. The molecule has 0 radical (unpaired) electrons. The third kappa shape index (κ3) is 1.95. The number of thioether (sulfide) groups is 1. The molecule has 1 aromatic rings. The van der Waals surface area contributed by atoms with Gasteiger partial charge in [0.25, 0.3) is 0 Å². The standard InChI is InChI=1S/C12H16N2OS/c1-7(13)8-4-5-9-10(6-8)16-12(2,3)11(15)14-9/h4-7H,13H2,1-3H3,(H,14,15).